The summed E-state index contributed by atoms with van der Waals surface area (Å²) in [6, 6.07) is 4.17. The summed E-state index contributed by atoms with van der Waals surface area (Å²) in [6.45, 7) is 5.48. The van der Waals surface area contributed by atoms with Gasteiger partial charge in [-0.2, -0.15) is 0 Å². The Balaban J connectivity index is 0.00000441. The molecule has 1 aromatic carbocycles. The Morgan fingerprint density at radius 1 is 1.41 bits per heavy atom. The van der Waals surface area contributed by atoms with Crippen molar-refractivity contribution in [1.29, 1.82) is 0 Å². The number of nitrogens with two attached hydrogens (primary N) is 1. The van der Waals surface area contributed by atoms with Crippen LogP contribution in [-0.4, -0.2) is 33.1 Å². The molecule has 0 atom stereocenters. The first-order chi connectivity index (χ1) is 9.57. The molecule has 0 unspecified atom stereocenters. The van der Waals surface area contributed by atoms with Crippen LogP contribution in [0.25, 0.3) is 0 Å². The Morgan fingerprint density at radius 2 is 2.00 bits per heavy atom. The molecule has 0 aliphatic heterocycles. The molecule has 1 aromatic rings. The zero-order chi connectivity index (χ0) is 16.3. The molecule has 0 saturated heterocycles. The number of carbonyl (C=O) groups excluding carboxylic acids is 1. The van der Waals surface area contributed by atoms with Crippen LogP contribution >= 0.6 is 28.3 Å². The third kappa shape index (κ3) is 6.21. The van der Waals surface area contributed by atoms with Crippen molar-refractivity contribution in [3.8, 4) is 0 Å². The first kappa shape index (κ1) is 21.3. The first-order valence-corrected chi connectivity index (χ1v) is 8.59. The molecule has 0 spiro atoms. The topological polar surface area (TPSA) is 98.5 Å². The lowest BCUT2D eigenvalue weighted by atomic mass is 10.1. The van der Waals surface area contributed by atoms with E-state index in [1.807, 2.05) is 0 Å². The maximum Gasteiger partial charge on any atom is 0.338 e. The predicted octanol–water partition coefficient (Wildman–Crippen LogP) is 2.06. The van der Waals surface area contributed by atoms with Crippen LogP contribution in [-0.2, 0) is 14.8 Å². The van der Waals surface area contributed by atoms with E-state index in [4.69, 9.17) is 10.5 Å². The van der Waals surface area contributed by atoms with Gasteiger partial charge in [-0.25, -0.2) is 17.9 Å². The molecule has 22 heavy (non-hydrogen) atoms. The molecule has 0 heterocycles. The number of ether oxygens (including phenoxy) is 1. The van der Waals surface area contributed by atoms with Gasteiger partial charge in [0, 0.05) is 16.6 Å². The Hall–Kier alpha value is -0.670. The molecule has 3 N–H and O–H groups in total. The molecule has 0 amide bonds. The summed E-state index contributed by atoms with van der Waals surface area (Å²) >= 11 is 3.16. The van der Waals surface area contributed by atoms with Gasteiger partial charge in [-0.1, -0.05) is 0 Å². The number of hydrogen-bond acceptors (Lipinski definition) is 5. The molecule has 1 rings (SSSR count). The van der Waals surface area contributed by atoms with Crippen molar-refractivity contribution >= 4 is 44.3 Å². The van der Waals surface area contributed by atoms with Crippen LogP contribution in [0.5, 0.6) is 0 Å². The highest BCUT2D eigenvalue weighted by Crippen LogP contribution is 2.23. The average Bonchev–Trinajstić information content (AvgIpc) is 2.35. The SMILES string of the molecule is CCOC(=O)c1ccc(S(=O)(=O)NCC(C)(C)N)c(Br)c1.Cl. The lowest BCUT2D eigenvalue weighted by molar-refractivity contribution is 0.0526. The van der Waals surface area contributed by atoms with Gasteiger partial charge in [-0.3, -0.25) is 0 Å². The maximum atomic E-state index is 12.2. The smallest absolute Gasteiger partial charge is 0.338 e. The Bertz CT molecular complexity index is 629. The second kappa shape index (κ2) is 8.26. The summed E-state index contributed by atoms with van der Waals surface area (Å²) < 4.78 is 32.0. The van der Waals surface area contributed by atoms with Crippen molar-refractivity contribution in [2.45, 2.75) is 31.2 Å². The number of hydrogen-bond donors (Lipinski definition) is 2. The second-order valence-electron chi connectivity index (χ2n) is 5.18. The largest absolute Gasteiger partial charge is 0.462 e. The molecule has 0 aliphatic carbocycles. The van der Waals surface area contributed by atoms with E-state index in [9.17, 15) is 13.2 Å². The zero-order valence-electron chi connectivity index (χ0n) is 12.6. The molecule has 0 radical (unpaired) electrons. The van der Waals surface area contributed by atoms with E-state index in [1.165, 1.54) is 18.2 Å². The van der Waals surface area contributed by atoms with E-state index in [0.29, 0.717) is 0 Å². The fourth-order valence-corrected chi connectivity index (χ4v) is 3.72. The number of esters is 1. The van der Waals surface area contributed by atoms with Gasteiger partial charge in [-0.15, -0.1) is 12.4 Å². The maximum absolute atomic E-state index is 12.2. The Labute approximate surface area is 145 Å². The molecular formula is C13H20BrClN2O4S. The van der Waals surface area contributed by atoms with Gasteiger partial charge in [0.05, 0.1) is 17.1 Å². The first-order valence-electron chi connectivity index (χ1n) is 6.32. The number of nitrogens with one attached hydrogen (secondary N) is 1. The van der Waals surface area contributed by atoms with E-state index < -0.39 is 21.5 Å². The highest BCUT2D eigenvalue weighted by Gasteiger charge is 2.22. The standard InChI is InChI=1S/C13H19BrN2O4S.ClH/c1-4-20-12(17)9-5-6-11(10(14)7-9)21(18,19)16-8-13(2,3)15;/h5-7,16H,4,8,15H2,1-3H3;1H. The van der Waals surface area contributed by atoms with Crippen molar-refractivity contribution < 1.29 is 17.9 Å². The van der Waals surface area contributed by atoms with Crippen LogP contribution in [0.4, 0.5) is 0 Å². The average molecular weight is 416 g/mol. The number of carbonyl (C=O) groups is 1. The third-order valence-electron chi connectivity index (χ3n) is 2.45. The van der Waals surface area contributed by atoms with Gasteiger partial charge in [0.1, 0.15) is 0 Å². The van der Waals surface area contributed by atoms with E-state index in [0.717, 1.165) is 0 Å². The monoisotopic (exact) mass is 414 g/mol. The summed E-state index contributed by atoms with van der Waals surface area (Å²) in [7, 11) is -3.71. The zero-order valence-corrected chi connectivity index (χ0v) is 15.8. The quantitative estimate of drug-likeness (QED) is 0.693. The number of benzene rings is 1. The van der Waals surface area contributed by atoms with Crippen molar-refractivity contribution in [2.24, 2.45) is 5.73 Å². The Morgan fingerprint density at radius 3 is 2.45 bits per heavy atom. The van der Waals surface area contributed by atoms with Crippen molar-refractivity contribution in [3.05, 3.63) is 28.2 Å². The fourth-order valence-electron chi connectivity index (χ4n) is 1.42. The normalized spacial score (nSPS) is 11.7. The molecule has 6 nitrogen and oxygen atoms in total. The number of sulfonamides is 1. The highest BCUT2D eigenvalue weighted by molar-refractivity contribution is 9.10. The summed E-state index contributed by atoms with van der Waals surface area (Å²) in [5.74, 6) is -0.502. The molecular weight excluding hydrogens is 396 g/mol. The van der Waals surface area contributed by atoms with Crippen LogP contribution < -0.4 is 10.5 Å². The molecule has 126 valence electrons. The minimum atomic E-state index is -3.71. The van der Waals surface area contributed by atoms with Crippen molar-refractivity contribution in [1.82, 2.24) is 4.72 Å². The van der Waals surface area contributed by atoms with Gasteiger partial charge < -0.3 is 10.5 Å². The van der Waals surface area contributed by atoms with E-state index in [1.54, 1.807) is 20.8 Å². The van der Waals surface area contributed by atoms with Crippen molar-refractivity contribution in [3.63, 3.8) is 0 Å². The van der Waals surface area contributed by atoms with Crippen LogP contribution in [0.3, 0.4) is 0 Å². The van der Waals surface area contributed by atoms with Gasteiger partial charge in [0.15, 0.2) is 0 Å². The van der Waals surface area contributed by atoms with Crippen molar-refractivity contribution in [2.75, 3.05) is 13.2 Å². The van der Waals surface area contributed by atoms with E-state index in [-0.39, 0.29) is 40.5 Å². The van der Waals surface area contributed by atoms with Gasteiger partial charge in [0.25, 0.3) is 0 Å². The van der Waals surface area contributed by atoms with Crippen LogP contribution in [0.2, 0.25) is 0 Å². The third-order valence-corrected chi connectivity index (χ3v) is 4.83. The number of halogens is 2. The molecule has 0 bridgehead atoms. The summed E-state index contributed by atoms with van der Waals surface area (Å²) in [5, 5.41) is 0. The minimum Gasteiger partial charge on any atom is -0.462 e. The van der Waals surface area contributed by atoms with Gasteiger partial charge in [-0.05, 0) is 54.9 Å². The molecule has 9 heteroatoms. The predicted molar refractivity (Wildman–Crippen MR) is 90.8 cm³/mol. The molecule has 0 fully saturated rings. The fraction of sp³-hybridized carbons (Fsp3) is 0.462. The van der Waals surface area contributed by atoms with Crippen LogP contribution in [0.15, 0.2) is 27.6 Å². The van der Waals surface area contributed by atoms with Crippen LogP contribution in [0, 0.1) is 0 Å². The Kier molecular flexibility index (Phi) is 8.01. The van der Waals surface area contributed by atoms with E-state index in [2.05, 4.69) is 20.7 Å². The van der Waals surface area contributed by atoms with Gasteiger partial charge >= 0.3 is 5.97 Å². The second-order valence-corrected chi connectivity index (χ2v) is 7.77. The lowest BCUT2D eigenvalue weighted by Gasteiger charge is -2.19. The molecule has 0 aliphatic rings. The summed E-state index contributed by atoms with van der Waals surface area (Å²) in [5.41, 5.74) is 5.37. The highest BCUT2D eigenvalue weighted by atomic mass is 79.9. The number of rotatable bonds is 6. The minimum absolute atomic E-state index is 0. The lowest BCUT2D eigenvalue weighted by Crippen LogP contribution is -2.45. The van der Waals surface area contributed by atoms with Crippen LogP contribution in [0.1, 0.15) is 31.1 Å². The molecule has 0 saturated carbocycles. The summed E-state index contributed by atoms with van der Waals surface area (Å²) in [6.07, 6.45) is 0. The van der Waals surface area contributed by atoms with E-state index >= 15 is 0 Å². The molecule has 0 aromatic heterocycles. The summed E-state index contributed by atoms with van der Waals surface area (Å²) in [4.78, 5) is 11.6. The van der Waals surface area contributed by atoms with Gasteiger partial charge in [0.2, 0.25) is 10.0 Å².